The van der Waals surface area contributed by atoms with Crippen molar-refractivity contribution in [3.8, 4) is 0 Å². The predicted molar refractivity (Wildman–Crippen MR) is 69.8 cm³/mol. The van der Waals surface area contributed by atoms with Crippen molar-refractivity contribution in [3.63, 3.8) is 0 Å². The lowest BCUT2D eigenvalue weighted by Crippen LogP contribution is -2.15. The van der Waals surface area contributed by atoms with Gasteiger partial charge in [0.15, 0.2) is 5.84 Å². The van der Waals surface area contributed by atoms with E-state index in [1.807, 2.05) is 12.1 Å². The van der Waals surface area contributed by atoms with Crippen LogP contribution in [0.15, 0.2) is 42.4 Å². The number of aromatic nitrogens is 2. The highest BCUT2D eigenvalue weighted by Gasteiger charge is 2.14. The van der Waals surface area contributed by atoms with Gasteiger partial charge in [-0.25, -0.2) is 0 Å². The van der Waals surface area contributed by atoms with Crippen LogP contribution in [-0.4, -0.2) is 21.2 Å². The number of oxime groups is 1. The molecule has 0 radical (unpaired) electrons. The van der Waals surface area contributed by atoms with Gasteiger partial charge in [0, 0.05) is 21.9 Å². The molecule has 2 aromatic rings. The molecule has 2 rings (SSSR count). The van der Waals surface area contributed by atoms with Crippen LogP contribution < -0.4 is 5.73 Å². The molecule has 0 aliphatic heterocycles. The smallest absolute Gasteiger partial charge is 0.281 e. The number of hydrogen-bond donors (Lipinski definition) is 2. The van der Waals surface area contributed by atoms with Crippen molar-refractivity contribution < 1.29 is 9.62 Å². The van der Waals surface area contributed by atoms with Gasteiger partial charge in [0.25, 0.3) is 5.22 Å². The SMILES string of the molecule is Cc1nnc(Sc2cccc(Br)c2/C(N)=N/O)o1. The molecule has 1 heterocycles. The minimum absolute atomic E-state index is 0.0150. The second kappa shape index (κ2) is 5.40. The van der Waals surface area contributed by atoms with E-state index in [-0.39, 0.29) is 5.84 Å². The van der Waals surface area contributed by atoms with Gasteiger partial charge in [0.2, 0.25) is 5.89 Å². The maximum absolute atomic E-state index is 8.79. The molecule has 94 valence electrons. The van der Waals surface area contributed by atoms with Gasteiger partial charge in [-0.3, -0.25) is 0 Å². The first-order chi connectivity index (χ1) is 8.61. The first-order valence-corrected chi connectivity index (χ1v) is 6.47. The number of benzene rings is 1. The Bertz CT molecular complexity index is 599. The number of hydrogen-bond acceptors (Lipinski definition) is 6. The Morgan fingerprint density at radius 2 is 2.28 bits per heavy atom. The van der Waals surface area contributed by atoms with E-state index in [0.29, 0.717) is 16.7 Å². The van der Waals surface area contributed by atoms with Crippen LogP contribution in [0.2, 0.25) is 0 Å². The number of rotatable bonds is 3. The first-order valence-electron chi connectivity index (χ1n) is 4.86. The zero-order valence-electron chi connectivity index (χ0n) is 9.29. The van der Waals surface area contributed by atoms with Crippen LogP contribution >= 0.6 is 27.7 Å². The van der Waals surface area contributed by atoms with Crippen LogP contribution in [0.3, 0.4) is 0 Å². The fourth-order valence-corrected chi connectivity index (χ4v) is 2.90. The van der Waals surface area contributed by atoms with Crippen molar-refractivity contribution in [1.82, 2.24) is 10.2 Å². The average molecular weight is 329 g/mol. The molecule has 1 aromatic carbocycles. The molecule has 0 spiro atoms. The van der Waals surface area contributed by atoms with Crippen molar-refractivity contribution in [1.29, 1.82) is 0 Å². The third-order valence-electron chi connectivity index (χ3n) is 2.04. The van der Waals surface area contributed by atoms with Crippen LogP contribution in [0.25, 0.3) is 0 Å². The normalized spacial score (nSPS) is 11.8. The van der Waals surface area contributed by atoms with Gasteiger partial charge >= 0.3 is 0 Å². The summed E-state index contributed by atoms with van der Waals surface area (Å²) in [7, 11) is 0. The van der Waals surface area contributed by atoms with Crippen molar-refractivity contribution in [2.45, 2.75) is 17.0 Å². The summed E-state index contributed by atoms with van der Waals surface area (Å²) in [5, 5.41) is 19.8. The Balaban J connectivity index is 2.41. The summed E-state index contributed by atoms with van der Waals surface area (Å²) in [6.45, 7) is 1.71. The number of aryl methyl sites for hydroxylation is 1. The zero-order valence-corrected chi connectivity index (χ0v) is 11.7. The Kier molecular flexibility index (Phi) is 3.87. The van der Waals surface area contributed by atoms with Crippen LogP contribution in [0.5, 0.6) is 0 Å². The van der Waals surface area contributed by atoms with Crippen molar-refractivity contribution in [2.75, 3.05) is 0 Å². The molecular formula is C10H9BrN4O2S. The molecule has 8 heteroatoms. The Labute approximate surface area is 115 Å². The molecule has 0 saturated carbocycles. The lowest BCUT2D eigenvalue weighted by atomic mass is 10.2. The van der Waals surface area contributed by atoms with E-state index in [0.717, 1.165) is 9.37 Å². The molecule has 0 unspecified atom stereocenters. The van der Waals surface area contributed by atoms with Gasteiger partial charge in [-0.1, -0.05) is 11.2 Å². The molecule has 3 N–H and O–H groups in total. The maximum atomic E-state index is 8.79. The zero-order chi connectivity index (χ0) is 13.1. The minimum atomic E-state index is 0.0150. The number of nitrogens with two attached hydrogens (primary N) is 1. The Hall–Kier alpha value is -1.54. The molecule has 18 heavy (non-hydrogen) atoms. The minimum Gasteiger partial charge on any atom is -0.416 e. The molecule has 0 amide bonds. The molecule has 1 aromatic heterocycles. The summed E-state index contributed by atoms with van der Waals surface area (Å²) in [6.07, 6.45) is 0. The highest BCUT2D eigenvalue weighted by atomic mass is 79.9. The van der Waals surface area contributed by atoms with Crippen LogP contribution in [0.1, 0.15) is 11.5 Å². The largest absolute Gasteiger partial charge is 0.416 e. The van der Waals surface area contributed by atoms with Crippen molar-refractivity contribution in [2.24, 2.45) is 10.9 Å². The van der Waals surface area contributed by atoms with E-state index >= 15 is 0 Å². The summed E-state index contributed by atoms with van der Waals surface area (Å²) < 4.78 is 6.00. The second-order valence-electron chi connectivity index (χ2n) is 3.29. The summed E-state index contributed by atoms with van der Waals surface area (Å²) in [4.78, 5) is 0.753. The number of nitrogens with zero attached hydrogens (tertiary/aromatic N) is 3. The molecule has 0 fully saturated rings. The van der Waals surface area contributed by atoms with E-state index in [4.69, 9.17) is 15.4 Å². The fourth-order valence-electron chi connectivity index (χ4n) is 1.30. The molecule has 6 nitrogen and oxygen atoms in total. The maximum Gasteiger partial charge on any atom is 0.281 e. The van der Waals surface area contributed by atoms with E-state index in [1.54, 1.807) is 13.0 Å². The topological polar surface area (TPSA) is 97.5 Å². The lowest BCUT2D eigenvalue weighted by Gasteiger charge is -2.07. The molecular weight excluding hydrogens is 320 g/mol. The highest BCUT2D eigenvalue weighted by molar-refractivity contribution is 9.10. The Morgan fingerprint density at radius 3 is 2.89 bits per heavy atom. The van der Waals surface area contributed by atoms with Crippen LogP contribution in [0, 0.1) is 6.92 Å². The monoisotopic (exact) mass is 328 g/mol. The average Bonchev–Trinajstić information content (AvgIpc) is 2.74. The van der Waals surface area contributed by atoms with Crippen molar-refractivity contribution in [3.05, 3.63) is 34.1 Å². The third-order valence-corrected chi connectivity index (χ3v) is 3.60. The summed E-state index contributed by atoms with van der Waals surface area (Å²) in [5.41, 5.74) is 6.23. The van der Waals surface area contributed by atoms with E-state index in [1.165, 1.54) is 11.8 Å². The second-order valence-corrected chi connectivity index (χ2v) is 5.13. The fraction of sp³-hybridized carbons (Fsp3) is 0.100. The molecule has 0 saturated heterocycles. The van der Waals surface area contributed by atoms with E-state index in [2.05, 4.69) is 31.3 Å². The molecule has 0 atom stereocenters. The van der Waals surface area contributed by atoms with Gasteiger partial charge in [-0.2, -0.15) is 0 Å². The number of halogens is 1. The van der Waals surface area contributed by atoms with Crippen LogP contribution in [0.4, 0.5) is 0 Å². The first kappa shape index (κ1) is 12.9. The molecule has 0 aliphatic rings. The van der Waals surface area contributed by atoms with Gasteiger partial charge in [-0.15, -0.1) is 10.2 Å². The summed E-state index contributed by atoms with van der Waals surface area (Å²) in [6, 6.07) is 5.46. The third kappa shape index (κ3) is 2.65. The highest BCUT2D eigenvalue weighted by Crippen LogP contribution is 2.33. The standard InChI is InChI=1S/C10H9BrN4O2S/c1-5-13-14-10(17-5)18-7-4-2-3-6(11)8(7)9(12)15-16/h2-4,16H,1H3,(H2,12,15). The summed E-state index contributed by atoms with van der Waals surface area (Å²) >= 11 is 4.61. The predicted octanol–water partition coefficient (Wildman–Crippen LogP) is 2.39. The quantitative estimate of drug-likeness (QED) is 0.388. The van der Waals surface area contributed by atoms with E-state index < -0.39 is 0 Å². The van der Waals surface area contributed by atoms with Gasteiger partial charge < -0.3 is 15.4 Å². The van der Waals surface area contributed by atoms with Gasteiger partial charge in [0.05, 0.1) is 0 Å². The van der Waals surface area contributed by atoms with Gasteiger partial charge in [-0.05, 0) is 39.8 Å². The van der Waals surface area contributed by atoms with Crippen molar-refractivity contribution >= 4 is 33.5 Å². The summed E-state index contributed by atoms with van der Waals surface area (Å²) in [5.74, 6) is 0.499. The lowest BCUT2D eigenvalue weighted by molar-refractivity contribution is 0.318. The Morgan fingerprint density at radius 1 is 1.50 bits per heavy atom. The van der Waals surface area contributed by atoms with Crippen LogP contribution in [-0.2, 0) is 0 Å². The molecule has 0 aliphatic carbocycles. The van der Waals surface area contributed by atoms with E-state index in [9.17, 15) is 0 Å². The molecule has 0 bridgehead atoms. The van der Waals surface area contributed by atoms with Gasteiger partial charge in [0.1, 0.15) is 0 Å². The number of amidine groups is 1.